The van der Waals surface area contributed by atoms with Gasteiger partial charge in [-0.25, -0.2) is 4.79 Å². The van der Waals surface area contributed by atoms with E-state index < -0.39 is 5.97 Å². The monoisotopic (exact) mass is 431 g/mol. The van der Waals surface area contributed by atoms with Crippen molar-refractivity contribution in [3.8, 4) is 5.75 Å². The molecule has 0 aliphatic carbocycles. The number of hydrogen-bond acceptors (Lipinski definition) is 4. The fraction of sp³-hybridized carbons (Fsp3) is 0.238. The van der Waals surface area contributed by atoms with Crippen LogP contribution >= 0.6 is 15.9 Å². The van der Waals surface area contributed by atoms with Crippen LogP contribution in [0.1, 0.15) is 18.1 Å². The fourth-order valence-electron chi connectivity index (χ4n) is 2.32. The lowest BCUT2D eigenvalue weighted by molar-refractivity contribution is -0.147. The molecule has 0 bridgehead atoms. The minimum atomic E-state index is -0.580. The van der Waals surface area contributed by atoms with Gasteiger partial charge in [-0.1, -0.05) is 52.3 Å². The Morgan fingerprint density at radius 2 is 1.81 bits per heavy atom. The van der Waals surface area contributed by atoms with Gasteiger partial charge in [-0.15, -0.1) is 0 Å². The first-order valence-corrected chi connectivity index (χ1v) is 9.34. The summed E-state index contributed by atoms with van der Waals surface area (Å²) in [5, 5.41) is 0. The molecular formula is C21H22BrNO4. The lowest BCUT2D eigenvalue weighted by atomic mass is 10.2. The number of benzene rings is 2. The molecule has 142 valence electrons. The van der Waals surface area contributed by atoms with Crippen LogP contribution < -0.4 is 4.74 Å². The predicted octanol–water partition coefficient (Wildman–Crippen LogP) is 4.06. The molecule has 2 rings (SSSR count). The van der Waals surface area contributed by atoms with Crippen molar-refractivity contribution in [2.45, 2.75) is 13.5 Å². The van der Waals surface area contributed by atoms with E-state index in [1.165, 1.54) is 11.0 Å². The molecule has 0 aromatic heterocycles. The van der Waals surface area contributed by atoms with Crippen molar-refractivity contribution in [2.75, 3.05) is 20.3 Å². The van der Waals surface area contributed by atoms with Gasteiger partial charge in [0.15, 0.2) is 6.61 Å². The molecule has 0 N–H and O–H groups in total. The summed E-state index contributed by atoms with van der Waals surface area (Å²) in [5.41, 5.74) is 1.75. The van der Waals surface area contributed by atoms with Crippen molar-refractivity contribution in [3.63, 3.8) is 0 Å². The molecule has 0 aliphatic heterocycles. The zero-order chi connectivity index (χ0) is 19.6. The Morgan fingerprint density at radius 1 is 1.11 bits per heavy atom. The number of carbonyl (C=O) groups excluding carboxylic acids is 2. The molecule has 0 spiro atoms. The summed E-state index contributed by atoms with van der Waals surface area (Å²) in [6.45, 7) is 2.55. The third kappa shape index (κ3) is 6.57. The van der Waals surface area contributed by atoms with Crippen LogP contribution in [-0.2, 0) is 20.9 Å². The summed E-state index contributed by atoms with van der Waals surface area (Å²) >= 11 is 3.45. The summed E-state index contributed by atoms with van der Waals surface area (Å²) in [6, 6.07) is 15.0. The maximum Gasteiger partial charge on any atom is 0.331 e. The minimum Gasteiger partial charge on any atom is -0.493 e. The highest BCUT2D eigenvalue weighted by Crippen LogP contribution is 2.19. The van der Waals surface area contributed by atoms with Crippen LogP contribution in [0.2, 0.25) is 0 Å². The second kappa shape index (κ2) is 10.5. The van der Waals surface area contributed by atoms with Gasteiger partial charge < -0.3 is 14.4 Å². The van der Waals surface area contributed by atoms with Crippen molar-refractivity contribution < 1.29 is 19.1 Å². The van der Waals surface area contributed by atoms with Crippen molar-refractivity contribution >= 4 is 33.9 Å². The smallest absolute Gasteiger partial charge is 0.331 e. The van der Waals surface area contributed by atoms with Crippen LogP contribution in [0.15, 0.2) is 59.1 Å². The Labute approximate surface area is 167 Å². The number of para-hydroxylation sites is 1. The third-order valence-corrected chi connectivity index (χ3v) is 4.52. The molecule has 0 atom stereocenters. The second-order valence-electron chi connectivity index (χ2n) is 5.75. The van der Waals surface area contributed by atoms with Crippen molar-refractivity contribution in [1.29, 1.82) is 0 Å². The van der Waals surface area contributed by atoms with E-state index in [1.54, 1.807) is 13.1 Å². The normalized spacial score (nSPS) is 10.6. The molecule has 0 radical (unpaired) electrons. The van der Waals surface area contributed by atoms with Crippen molar-refractivity contribution in [1.82, 2.24) is 4.90 Å². The van der Waals surface area contributed by atoms with Gasteiger partial charge in [-0.3, -0.25) is 4.79 Å². The topological polar surface area (TPSA) is 55.8 Å². The highest BCUT2D eigenvalue weighted by Gasteiger charge is 2.12. The van der Waals surface area contributed by atoms with Gasteiger partial charge in [-0.2, -0.15) is 0 Å². The van der Waals surface area contributed by atoms with E-state index in [2.05, 4.69) is 15.9 Å². The summed E-state index contributed by atoms with van der Waals surface area (Å²) < 4.78 is 11.5. The number of ether oxygens (including phenoxy) is 2. The number of amides is 1. The first kappa shape index (κ1) is 20.7. The van der Waals surface area contributed by atoms with Gasteiger partial charge in [-0.05, 0) is 30.7 Å². The number of carbonyl (C=O) groups is 2. The Kier molecular flexibility index (Phi) is 8.07. The highest BCUT2D eigenvalue weighted by atomic mass is 79.9. The van der Waals surface area contributed by atoms with Gasteiger partial charge in [0.25, 0.3) is 5.91 Å². The summed E-state index contributed by atoms with van der Waals surface area (Å²) in [4.78, 5) is 25.6. The Morgan fingerprint density at radius 3 is 2.56 bits per heavy atom. The van der Waals surface area contributed by atoms with Gasteiger partial charge in [0.2, 0.25) is 0 Å². The average Bonchev–Trinajstić information content (AvgIpc) is 2.67. The molecule has 5 nitrogen and oxygen atoms in total. The van der Waals surface area contributed by atoms with E-state index >= 15 is 0 Å². The molecule has 0 fully saturated rings. The third-order valence-electron chi connectivity index (χ3n) is 3.75. The summed E-state index contributed by atoms with van der Waals surface area (Å²) in [6.07, 6.45) is 2.90. The maximum absolute atomic E-state index is 12.2. The first-order valence-electron chi connectivity index (χ1n) is 8.55. The SMILES string of the molecule is CCOc1ccccc1/C=C/C(=O)OCC(=O)N(C)Cc1ccccc1Br. The molecule has 0 saturated carbocycles. The summed E-state index contributed by atoms with van der Waals surface area (Å²) in [5.74, 6) is -0.167. The standard InChI is InChI=1S/C21H22BrNO4/c1-3-26-19-11-7-5-8-16(19)12-13-21(25)27-15-20(24)23(2)14-17-9-4-6-10-18(17)22/h4-13H,3,14-15H2,1-2H3/b13-12+. The van der Waals surface area contributed by atoms with Crippen molar-refractivity contribution in [3.05, 3.63) is 70.2 Å². The Bertz CT molecular complexity index is 819. The van der Waals surface area contributed by atoms with E-state index in [4.69, 9.17) is 9.47 Å². The Hall–Kier alpha value is -2.60. The fourth-order valence-corrected chi connectivity index (χ4v) is 2.73. The van der Waals surface area contributed by atoms with Crippen LogP contribution in [-0.4, -0.2) is 37.0 Å². The number of esters is 1. The van der Waals surface area contributed by atoms with E-state index in [0.29, 0.717) is 18.9 Å². The largest absolute Gasteiger partial charge is 0.493 e. The van der Waals surface area contributed by atoms with E-state index in [9.17, 15) is 9.59 Å². The van der Waals surface area contributed by atoms with Gasteiger partial charge in [0.05, 0.1) is 6.61 Å². The first-order chi connectivity index (χ1) is 13.0. The van der Waals surface area contributed by atoms with Crippen LogP contribution in [0.3, 0.4) is 0 Å². The minimum absolute atomic E-state index is 0.276. The summed E-state index contributed by atoms with van der Waals surface area (Å²) in [7, 11) is 1.67. The van der Waals surface area contributed by atoms with Gasteiger partial charge >= 0.3 is 5.97 Å². The quantitative estimate of drug-likeness (QED) is 0.466. The number of rotatable bonds is 8. The zero-order valence-electron chi connectivity index (χ0n) is 15.4. The highest BCUT2D eigenvalue weighted by molar-refractivity contribution is 9.10. The van der Waals surface area contributed by atoms with E-state index in [0.717, 1.165) is 15.6 Å². The van der Waals surface area contributed by atoms with Crippen LogP contribution in [0.5, 0.6) is 5.75 Å². The van der Waals surface area contributed by atoms with E-state index in [1.807, 2.05) is 55.5 Å². The number of likely N-dealkylation sites (N-methyl/N-ethyl adjacent to an activating group) is 1. The number of halogens is 1. The zero-order valence-corrected chi connectivity index (χ0v) is 16.9. The molecule has 2 aromatic rings. The molecule has 0 aliphatic rings. The number of nitrogens with zero attached hydrogens (tertiary/aromatic N) is 1. The molecule has 27 heavy (non-hydrogen) atoms. The maximum atomic E-state index is 12.2. The molecule has 0 unspecified atom stereocenters. The van der Waals surface area contributed by atoms with Crippen molar-refractivity contribution in [2.24, 2.45) is 0 Å². The molecule has 0 saturated heterocycles. The molecular weight excluding hydrogens is 410 g/mol. The molecule has 6 heteroatoms. The lowest BCUT2D eigenvalue weighted by Gasteiger charge is -2.17. The average molecular weight is 432 g/mol. The van der Waals surface area contributed by atoms with E-state index in [-0.39, 0.29) is 12.5 Å². The molecule has 2 aromatic carbocycles. The number of hydrogen-bond donors (Lipinski definition) is 0. The molecule has 0 heterocycles. The van der Waals surface area contributed by atoms with Gasteiger partial charge in [0, 0.05) is 29.7 Å². The van der Waals surface area contributed by atoms with Gasteiger partial charge in [0.1, 0.15) is 5.75 Å². The predicted molar refractivity (Wildman–Crippen MR) is 108 cm³/mol. The molecule has 1 amide bonds. The van der Waals surface area contributed by atoms with Crippen LogP contribution in [0.25, 0.3) is 6.08 Å². The van der Waals surface area contributed by atoms with Crippen LogP contribution in [0, 0.1) is 0 Å². The second-order valence-corrected chi connectivity index (χ2v) is 6.61. The van der Waals surface area contributed by atoms with Crippen LogP contribution in [0.4, 0.5) is 0 Å². The Balaban J connectivity index is 1.86. The lowest BCUT2D eigenvalue weighted by Crippen LogP contribution is -2.30.